The lowest BCUT2D eigenvalue weighted by Gasteiger charge is -2.31. The zero-order chi connectivity index (χ0) is 15.3. The highest BCUT2D eigenvalue weighted by Crippen LogP contribution is 2.29. The molecule has 0 radical (unpaired) electrons. The topological polar surface area (TPSA) is 112 Å². The van der Waals surface area contributed by atoms with E-state index >= 15 is 0 Å². The Morgan fingerprint density at radius 2 is 2.25 bits per heavy atom. The average Bonchev–Trinajstić information content (AvgIpc) is 2.37. The minimum atomic E-state index is -0.575. The van der Waals surface area contributed by atoms with E-state index in [0.717, 1.165) is 0 Å². The van der Waals surface area contributed by atoms with Crippen LogP contribution >= 0.6 is 0 Å². The molecule has 0 amide bonds. The van der Waals surface area contributed by atoms with E-state index in [1.165, 1.54) is 12.3 Å². The van der Waals surface area contributed by atoms with Gasteiger partial charge in [0.1, 0.15) is 6.07 Å². The number of aromatic nitrogens is 1. The quantitative estimate of drug-likeness (QED) is 0.629. The molecule has 0 spiro atoms. The Hall–Kier alpha value is -2.20. The fraction of sp³-hybridized carbons (Fsp3) is 0.538. The van der Waals surface area contributed by atoms with Crippen LogP contribution in [0.15, 0.2) is 12.3 Å². The highest BCUT2D eigenvalue weighted by atomic mass is 16.6. The van der Waals surface area contributed by atoms with Crippen LogP contribution in [0.25, 0.3) is 0 Å². The second-order valence-electron chi connectivity index (χ2n) is 5.54. The molecule has 0 aliphatic heterocycles. The number of aliphatic hydroxyl groups is 1. The van der Waals surface area contributed by atoms with Crippen molar-refractivity contribution in [3.05, 3.63) is 27.9 Å². The van der Waals surface area contributed by atoms with Gasteiger partial charge in [-0.1, -0.05) is 20.8 Å². The van der Waals surface area contributed by atoms with E-state index in [-0.39, 0.29) is 35.1 Å². The van der Waals surface area contributed by atoms with Crippen LogP contribution in [0.3, 0.4) is 0 Å². The van der Waals surface area contributed by atoms with Crippen molar-refractivity contribution in [1.82, 2.24) is 4.98 Å². The molecule has 108 valence electrons. The lowest BCUT2D eigenvalue weighted by atomic mass is 9.85. The van der Waals surface area contributed by atoms with Crippen molar-refractivity contribution >= 4 is 11.5 Å². The van der Waals surface area contributed by atoms with Crippen LogP contribution in [0, 0.1) is 26.9 Å². The molecule has 0 saturated heterocycles. The second kappa shape index (κ2) is 6.30. The molecule has 0 aliphatic carbocycles. The van der Waals surface area contributed by atoms with Gasteiger partial charge >= 0.3 is 5.69 Å². The summed E-state index contributed by atoms with van der Waals surface area (Å²) in [5, 5.41) is 31.9. The molecule has 0 fully saturated rings. The molecule has 1 heterocycles. The van der Waals surface area contributed by atoms with Gasteiger partial charge in [0.2, 0.25) is 5.82 Å². The number of nitrogens with zero attached hydrogens (tertiary/aromatic N) is 3. The van der Waals surface area contributed by atoms with Gasteiger partial charge < -0.3 is 10.4 Å². The highest BCUT2D eigenvalue weighted by Gasteiger charge is 2.27. The number of nitro groups is 1. The second-order valence-corrected chi connectivity index (χ2v) is 5.54. The number of pyridine rings is 1. The fourth-order valence-corrected chi connectivity index (χ4v) is 1.78. The smallest absolute Gasteiger partial charge is 0.312 e. The predicted octanol–water partition coefficient (Wildman–Crippen LogP) is 2.07. The van der Waals surface area contributed by atoms with Crippen molar-refractivity contribution in [3.8, 4) is 6.07 Å². The summed E-state index contributed by atoms with van der Waals surface area (Å²) in [6.45, 7) is 5.88. The van der Waals surface area contributed by atoms with Crippen molar-refractivity contribution in [2.24, 2.45) is 5.41 Å². The number of nitrogens with one attached hydrogen (secondary N) is 1. The van der Waals surface area contributed by atoms with Gasteiger partial charge in [0, 0.05) is 24.9 Å². The molecule has 0 saturated carbocycles. The average molecular weight is 278 g/mol. The number of aliphatic hydroxyl groups excluding tert-OH is 1. The molecular weight excluding hydrogens is 260 g/mol. The third kappa shape index (κ3) is 3.90. The molecule has 7 nitrogen and oxygen atoms in total. The largest absolute Gasteiger partial charge is 0.396 e. The van der Waals surface area contributed by atoms with Gasteiger partial charge in [0.15, 0.2) is 0 Å². The molecule has 7 heteroatoms. The molecule has 1 atom stereocenters. The minimum Gasteiger partial charge on any atom is -0.396 e. The molecule has 1 rings (SSSR count). The van der Waals surface area contributed by atoms with Crippen molar-refractivity contribution in [1.29, 1.82) is 5.26 Å². The summed E-state index contributed by atoms with van der Waals surface area (Å²) >= 11 is 0. The molecular formula is C13H18N4O3. The van der Waals surface area contributed by atoms with Gasteiger partial charge in [0.25, 0.3) is 0 Å². The molecule has 1 aromatic heterocycles. The van der Waals surface area contributed by atoms with E-state index < -0.39 is 4.92 Å². The SMILES string of the molecule is CC(C)(C)C(CCO)Nc1ncc(C#N)cc1[N+](=O)[O-]. The molecule has 2 N–H and O–H groups in total. The number of hydrogen-bond donors (Lipinski definition) is 2. The summed E-state index contributed by atoms with van der Waals surface area (Å²) in [5.74, 6) is 0.113. The van der Waals surface area contributed by atoms with Gasteiger partial charge in [0.05, 0.1) is 10.5 Å². The molecule has 20 heavy (non-hydrogen) atoms. The molecule has 0 bridgehead atoms. The number of nitriles is 1. The normalized spacial score (nSPS) is 12.6. The van der Waals surface area contributed by atoms with E-state index in [2.05, 4.69) is 10.3 Å². The Labute approximate surface area is 117 Å². The van der Waals surface area contributed by atoms with Crippen LogP contribution in [0.4, 0.5) is 11.5 Å². The Morgan fingerprint density at radius 3 is 2.70 bits per heavy atom. The van der Waals surface area contributed by atoms with Crippen molar-refractivity contribution < 1.29 is 10.0 Å². The Bertz CT molecular complexity index is 531. The lowest BCUT2D eigenvalue weighted by Crippen LogP contribution is -2.35. The Kier molecular flexibility index (Phi) is 5.00. The molecule has 0 aromatic carbocycles. The third-order valence-corrected chi connectivity index (χ3v) is 2.97. The van der Waals surface area contributed by atoms with Crippen LogP contribution < -0.4 is 5.32 Å². The van der Waals surface area contributed by atoms with Gasteiger partial charge in [-0.15, -0.1) is 0 Å². The third-order valence-electron chi connectivity index (χ3n) is 2.97. The van der Waals surface area contributed by atoms with Gasteiger partial charge in [-0.3, -0.25) is 10.1 Å². The van der Waals surface area contributed by atoms with E-state index in [1.807, 2.05) is 26.8 Å². The summed E-state index contributed by atoms with van der Waals surface area (Å²) < 4.78 is 0. The zero-order valence-electron chi connectivity index (χ0n) is 11.8. The first-order valence-electron chi connectivity index (χ1n) is 6.21. The minimum absolute atomic E-state index is 0.0288. The first-order valence-corrected chi connectivity index (χ1v) is 6.21. The van der Waals surface area contributed by atoms with Crippen LogP contribution in [0.5, 0.6) is 0 Å². The summed E-state index contributed by atoms with van der Waals surface area (Å²) in [4.78, 5) is 14.4. The number of hydrogen-bond acceptors (Lipinski definition) is 6. The molecule has 0 aliphatic rings. The summed E-state index contributed by atoms with van der Waals surface area (Å²) in [7, 11) is 0. The first kappa shape index (κ1) is 15.9. The Morgan fingerprint density at radius 1 is 1.60 bits per heavy atom. The van der Waals surface area contributed by atoms with Crippen molar-refractivity contribution in [3.63, 3.8) is 0 Å². The summed E-state index contributed by atoms with van der Waals surface area (Å²) in [5.41, 5.74) is -0.306. The summed E-state index contributed by atoms with van der Waals surface area (Å²) in [6.07, 6.45) is 1.73. The van der Waals surface area contributed by atoms with Gasteiger partial charge in [-0.25, -0.2) is 4.98 Å². The first-order chi connectivity index (χ1) is 9.29. The molecule has 1 aromatic rings. The standard InChI is InChI=1S/C13H18N4O3/c1-13(2,3)11(4-5-18)16-12-10(17(19)20)6-9(7-14)8-15-12/h6,8,11,18H,4-5H2,1-3H3,(H,15,16). The Balaban J connectivity index is 3.13. The van der Waals surface area contributed by atoms with E-state index in [1.54, 1.807) is 0 Å². The fourth-order valence-electron chi connectivity index (χ4n) is 1.78. The van der Waals surface area contributed by atoms with E-state index in [9.17, 15) is 10.1 Å². The number of anilines is 1. The number of rotatable bonds is 5. The van der Waals surface area contributed by atoms with Gasteiger partial charge in [-0.2, -0.15) is 5.26 Å². The maximum absolute atomic E-state index is 11.0. The van der Waals surface area contributed by atoms with Crippen molar-refractivity contribution in [2.75, 3.05) is 11.9 Å². The van der Waals surface area contributed by atoms with Crippen LogP contribution in [-0.2, 0) is 0 Å². The monoisotopic (exact) mass is 278 g/mol. The van der Waals surface area contributed by atoms with Crippen molar-refractivity contribution in [2.45, 2.75) is 33.2 Å². The maximum Gasteiger partial charge on any atom is 0.312 e. The summed E-state index contributed by atoms with van der Waals surface area (Å²) in [6, 6.07) is 2.84. The van der Waals surface area contributed by atoms with E-state index in [4.69, 9.17) is 10.4 Å². The van der Waals surface area contributed by atoms with E-state index in [0.29, 0.717) is 6.42 Å². The highest BCUT2D eigenvalue weighted by molar-refractivity contribution is 5.58. The zero-order valence-corrected chi connectivity index (χ0v) is 11.8. The van der Waals surface area contributed by atoms with Crippen LogP contribution in [0.2, 0.25) is 0 Å². The lowest BCUT2D eigenvalue weighted by molar-refractivity contribution is -0.384. The van der Waals surface area contributed by atoms with Gasteiger partial charge in [-0.05, 0) is 11.8 Å². The maximum atomic E-state index is 11.0. The predicted molar refractivity (Wildman–Crippen MR) is 74.2 cm³/mol. The van der Waals surface area contributed by atoms with Crippen LogP contribution in [0.1, 0.15) is 32.8 Å². The molecule has 1 unspecified atom stereocenters. The van der Waals surface area contributed by atoms with Crippen LogP contribution in [-0.4, -0.2) is 27.7 Å².